The van der Waals surface area contributed by atoms with E-state index in [4.69, 9.17) is 23.8 Å². The molecule has 0 bridgehead atoms. The van der Waals surface area contributed by atoms with Gasteiger partial charge in [0.15, 0.2) is 5.11 Å². The molecule has 5 nitrogen and oxygen atoms in total. The summed E-state index contributed by atoms with van der Waals surface area (Å²) in [5.74, 6) is -1.42. The quantitative estimate of drug-likeness (QED) is 0.353. The third-order valence-electron chi connectivity index (χ3n) is 2.85. The van der Waals surface area contributed by atoms with Crippen LogP contribution in [0.25, 0.3) is 6.08 Å². The van der Waals surface area contributed by atoms with Gasteiger partial charge in [0, 0.05) is 16.6 Å². The molecule has 22 heavy (non-hydrogen) atoms. The number of aromatic hydroxyl groups is 1. The lowest BCUT2D eigenvalue weighted by molar-refractivity contribution is -0.128. The first-order chi connectivity index (χ1) is 10.3. The normalized spacial score (nSPS) is 16.9. The van der Waals surface area contributed by atoms with Crippen molar-refractivity contribution in [1.82, 2.24) is 10.2 Å². The fourth-order valence-corrected chi connectivity index (χ4v) is 2.92. The van der Waals surface area contributed by atoms with Crippen molar-refractivity contribution >= 4 is 62.8 Å². The molecule has 8 heteroatoms. The lowest BCUT2D eigenvalue weighted by Gasteiger charge is -2.27. The number of nitrogens with zero attached hydrogens (tertiary/aromatic N) is 1. The summed E-state index contributed by atoms with van der Waals surface area (Å²) in [7, 11) is 0. The Morgan fingerprint density at radius 3 is 2.77 bits per heavy atom. The van der Waals surface area contributed by atoms with Crippen LogP contribution in [0.2, 0.25) is 5.02 Å². The Kier molecular flexibility index (Phi) is 5.00. The molecule has 0 atom stereocenters. The number of thiocarbonyl (C=S) groups is 1. The van der Waals surface area contributed by atoms with Gasteiger partial charge in [0.2, 0.25) is 0 Å². The van der Waals surface area contributed by atoms with Crippen molar-refractivity contribution in [2.75, 3.05) is 6.54 Å². The van der Waals surface area contributed by atoms with Gasteiger partial charge in [-0.25, -0.2) is 0 Å². The Morgan fingerprint density at radius 2 is 2.14 bits per heavy atom. The molecule has 0 radical (unpaired) electrons. The van der Waals surface area contributed by atoms with Crippen LogP contribution in [0.3, 0.4) is 0 Å². The van der Waals surface area contributed by atoms with Gasteiger partial charge in [-0.3, -0.25) is 19.8 Å². The molecule has 1 saturated heterocycles. The van der Waals surface area contributed by atoms with Gasteiger partial charge in [-0.1, -0.05) is 33.6 Å². The second-order valence-electron chi connectivity index (χ2n) is 4.35. The lowest BCUT2D eigenvalue weighted by Crippen LogP contribution is -2.53. The molecule has 1 aliphatic heterocycles. The fraction of sp³-hybridized carbons (Fsp3) is 0.0714. The van der Waals surface area contributed by atoms with Gasteiger partial charge < -0.3 is 5.11 Å². The monoisotopic (exact) mass is 400 g/mol. The minimum absolute atomic E-state index is 0.0172. The predicted octanol–water partition coefficient (Wildman–Crippen LogP) is 2.62. The molecule has 2 amide bonds. The number of hydrogen-bond donors (Lipinski definition) is 2. The highest BCUT2D eigenvalue weighted by Crippen LogP contribution is 2.33. The SMILES string of the molecule is C=CCN1C(=O)C(=Cc2cc(Br)cc(Cl)c2O)C(=O)NC1=S. The molecule has 2 rings (SSSR count). The van der Waals surface area contributed by atoms with Crippen molar-refractivity contribution in [2.24, 2.45) is 0 Å². The van der Waals surface area contributed by atoms with Crippen molar-refractivity contribution in [3.63, 3.8) is 0 Å². The average molecular weight is 402 g/mol. The number of amides is 2. The van der Waals surface area contributed by atoms with Crippen LogP contribution < -0.4 is 5.32 Å². The third-order valence-corrected chi connectivity index (χ3v) is 3.92. The number of carbonyl (C=O) groups excluding carboxylic acids is 2. The van der Waals surface area contributed by atoms with E-state index in [0.717, 1.165) is 0 Å². The second kappa shape index (κ2) is 6.60. The van der Waals surface area contributed by atoms with Crippen molar-refractivity contribution < 1.29 is 14.7 Å². The number of carbonyl (C=O) groups is 2. The molecule has 1 aliphatic rings. The number of rotatable bonds is 3. The molecule has 1 heterocycles. The highest BCUT2D eigenvalue weighted by Gasteiger charge is 2.32. The van der Waals surface area contributed by atoms with Crippen molar-refractivity contribution in [3.8, 4) is 5.75 Å². The van der Waals surface area contributed by atoms with E-state index in [0.29, 0.717) is 4.47 Å². The molecule has 0 unspecified atom stereocenters. The maximum absolute atomic E-state index is 12.4. The van der Waals surface area contributed by atoms with Crippen molar-refractivity contribution in [2.45, 2.75) is 0 Å². The van der Waals surface area contributed by atoms with Crippen molar-refractivity contribution in [1.29, 1.82) is 0 Å². The summed E-state index contributed by atoms with van der Waals surface area (Å²) < 4.78 is 0.601. The maximum atomic E-state index is 12.4. The van der Waals surface area contributed by atoms with Gasteiger partial charge in [0.1, 0.15) is 11.3 Å². The van der Waals surface area contributed by atoms with Crippen LogP contribution in [0.1, 0.15) is 5.56 Å². The van der Waals surface area contributed by atoms with Gasteiger partial charge >= 0.3 is 0 Å². The summed E-state index contributed by atoms with van der Waals surface area (Å²) >= 11 is 14.1. The summed E-state index contributed by atoms with van der Waals surface area (Å²) in [5.41, 5.74) is 0.0872. The molecule has 0 spiro atoms. The highest BCUT2D eigenvalue weighted by atomic mass is 79.9. The van der Waals surface area contributed by atoms with Crippen LogP contribution in [0.15, 0.2) is 34.8 Å². The van der Waals surface area contributed by atoms with Crippen LogP contribution in [0, 0.1) is 0 Å². The minimum atomic E-state index is -0.634. The van der Waals surface area contributed by atoms with E-state index in [9.17, 15) is 14.7 Å². The van der Waals surface area contributed by atoms with E-state index in [-0.39, 0.29) is 33.6 Å². The summed E-state index contributed by atoms with van der Waals surface area (Å²) in [4.78, 5) is 25.5. The Bertz CT molecular complexity index is 733. The highest BCUT2D eigenvalue weighted by molar-refractivity contribution is 9.10. The number of benzene rings is 1. The van der Waals surface area contributed by atoms with Crippen LogP contribution >= 0.6 is 39.7 Å². The molecule has 114 valence electrons. The van der Waals surface area contributed by atoms with E-state index < -0.39 is 11.8 Å². The minimum Gasteiger partial charge on any atom is -0.506 e. The van der Waals surface area contributed by atoms with Crippen LogP contribution in [0.5, 0.6) is 5.75 Å². The topological polar surface area (TPSA) is 69.6 Å². The second-order valence-corrected chi connectivity index (χ2v) is 6.06. The molecule has 1 aromatic rings. The molecule has 0 aliphatic carbocycles. The molecule has 1 aromatic carbocycles. The molecular weight excluding hydrogens is 392 g/mol. The van der Waals surface area contributed by atoms with Gasteiger partial charge in [0.05, 0.1) is 5.02 Å². The first kappa shape index (κ1) is 16.7. The fourth-order valence-electron chi connectivity index (χ4n) is 1.84. The summed E-state index contributed by atoms with van der Waals surface area (Å²) in [6, 6.07) is 3.04. The van der Waals surface area contributed by atoms with Crippen molar-refractivity contribution in [3.05, 3.63) is 45.4 Å². The van der Waals surface area contributed by atoms with Gasteiger partial charge in [0.25, 0.3) is 11.8 Å². The average Bonchev–Trinajstić information content (AvgIpc) is 2.44. The first-order valence-corrected chi connectivity index (χ1v) is 7.61. The molecule has 1 fully saturated rings. The molecule has 2 N–H and O–H groups in total. The lowest BCUT2D eigenvalue weighted by atomic mass is 10.1. The Morgan fingerprint density at radius 1 is 1.45 bits per heavy atom. The standard InChI is InChI=1S/C14H10BrClN2O3S/c1-2-3-18-13(21)9(12(20)17-14(18)22)5-7-4-8(15)6-10(16)11(7)19/h2,4-6,19H,1,3H2,(H,17,20,22). The number of hydrogen-bond acceptors (Lipinski definition) is 4. The van der Waals surface area contributed by atoms with Crippen LogP contribution in [-0.2, 0) is 9.59 Å². The molecule has 0 aromatic heterocycles. The Balaban J connectivity index is 2.50. The molecular formula is C14H10BrClN2O3S. The Hall–Kier alpha value is -1.70. The summed E-state index contributed by atoms with van der Waals surface area (Å²) in [6.45, 7) is 3.71. The first-order valence-electron chi connectivity index (χ1n) is 6.03. The maximum Gasteiger partial charge on any atom is 0.265 e. The molecule has 0 saturated carbocycles. The number of nitrogens with one attached hydrogen (secondary N) is 1. The van der Waals surface area contributed by atoms with E-state index in [1.807, 2.05) is 0 Å². The third kappa shape index (κ3) is 3.21. The van der Waals surface area contributed by atoms with Crippen LogP contribution in [-0.4, -0.2) is 33.5 Å². The Labute approximate surface area is 145 Å². The number of phenolic OH excluding ortho intramolecular Hbond substituents is 1. The van der Waals surface area contributed by atoms with E-state index in [1.165, 1.54) is 23.1 Å². The smallest absolute Gasteiger partial charge is 0.265 e. The summed E-state index contributed by atoms with van der Waals surface area (Å²) in [5, 5.41) is 12.5. The van der Waals surface area contributed by atoms with Gasteiger partial charge in [-0.2, -0.15) is 0 Å². The number of halogens is 2. The van der Waals surface area contributed by atoms with E-state index >= 15 is 0 Å². The van der Waals surface area contributed by atoms with Crippen LogP contribution in [0.4, 0.5) is 0 Å². The van der Waals surface area contributed by atoms with Gasteiger partial charge in [-0.05, 0) is 30.4 Å². The number of phenols is 1. The largest absolute Gasteiger partial charge is 0.506 e. The summed E-state index contributed by atoms with van der Waals surface area (Å²) in [6.07, 6.45) is 2.76. The van der Waals surface area contributed by atoms with Gasteiger partial charge in [-0.15, -0.1) is 6.58 Å². The predicted molar refractivity (Wildman–Crippen MR) is 91.4 cm³/mol. The van der Waals surface area contributed by atoms with E-state index in [1.54, 1.807) is 6.07 Å². The zero-order chi connectivity index (χ0) is 16.4. The zero-order valence-corrected chi connectivity index (χ0v) is 14.3. The van der Waals surface area contributed by atoms with E-state index in [2.05, 4.69) is 27.8 Å². The zero-order valence-electron chi connectivity index (χ0n) is 11.1.